The Bertz CT molecular complexity index is 594. The van der Waals surface area contributed by atoms with Gasteiger partial charge < -0.3 is 9.64 Å². The van der Waals surface area contributed by atoms with Crippen molar-refractivity contribution in [1.29, 1.82) is 0 Å². The van der Waals surface area contributed by atoms with E-state index in [0.29, 0.717) is 12.5 Å². The number of nitrogens with zero attached hydrogens (tertiary/aromatic N) is 6. The first-order valence-electron chi connectivity index (χ1n) is 7.41. The fourth-order valence-corrected chi connectivity index (χ4v) is 3.05. The molecule has 3 heterocycles. The number of ether oxygens (including phenoxy) is 1. The average Bonchev–Trinajstić information content (AvgIpc) is 2.97. The largest absolute Gasteiger partial charge is 0.475 e. The maximum Gasteiger partial charge on any atom is 0.233 e. The first-order chi connectivity index (χ1) is 10.7. The molecular weight excluding hydrogens is 300 g/mol. The van der Waals surface area contributed by atoms with Gasteiger partial charge in [0.15, 0.2) is 0 Å². The molecule has 0 radical (unpaired) electrons. The molecule has 1 aliphatic rings. The van der Waals surface area contributed by atoms with Crippen LogP contribution < -0.4 is 9.64 Å². The predicted octanol–water partition coefficient (Wildman–Crippen LogP) is 1.15. The first kappa shape index (κ1) is 15.1. The summed E-state index contributed by atoms with van der Waals surface area (Å²) in [5.74, 6) is 1.45. The zero-order valence-corrected chi connectivity index (χ0v) is 13.7. The molecule has 0 N–H and O–H groups in total. The van der Waals surface area contributed by atoms with Crippen LogP contribution in [0.25, 0.3) is 0 Å². The molecule has 0 aliphatic carbocycles. The van der Waals surface area contributed by atoms with E-state index in [4.69, 9.17) is 4.74 Å². The minimum absolute atomic E-state index is 0.591. The average molecular weight is 320 g/mol. The molecule has 0 aromatic carbocycles. The van der Waals surface area contributed by atoms with Gasteiger partial charge in [0.05, 0.1) is 5.69 Å². The molecule has 1 aliphatic heterocycles. The van der Waals surface area contributed by atoms with E-state index >= 15 is 0 Å². The molecule has 118 valence electrons. The summed E-state index contributed by atoms with van der Waals surface area (Å²) < 4.78 is 9.87. The Morgan fingerprint density at radius 2 is 1.95 bits per heavy atom. The molecule has 2 aromatic rings. The van der Waals surface area contributed by atoms with Crippen LogP contribution in [0.3, 0.4) is 0 Å². The minimum atomic E-state index is 0.591. The predicted molar refractivity (Wildman–Crippen MR) is 85.6 cm³/mol. The molecule has 22 heavy (non-hydrogen) atoms. The first-order valence-corrected chi connectivity index (χ1v) is 8.19. The van der Waals surface area contributed by atoms with Gasteiger partial charge in [-0.15, -0.1) is 5.10 Å². The van der Waals surface area contributed by atoms with Crippen molar-refractivity contribution < 1.29 is 4.74 Å². The highest BCUT2D eigenvalue weighted by Gasteiger charge is 2.19. The highest BCUT2D eigenvalue weighted by molar-refractivity contribution is 7.09. The molecule has 0 unspecified atom stereocenters. The Balaban J connectivity index is 1.39. The van der Waals surface area contributed by atoms with Crippen LogP contribution in [0.2, 0.25) is 0 Å². The Hall–Kier alpha value is -1.80. The van der Waals surface area contributed by atoms with Crippen LogP contribution in [0.5, 0.6) is 5.88 Å². The summed E-state index contributed by atoms with van der Waals surface area (Å²) in [6, 6.07) is 3.77. The van der Waals surface area contributed by atoms with Gasteiger partial charge in [-0.2, -0.15) is 9.47 Å². The van der Waals surface area contributed by atoms with E-state index in [0.717, 1.165) is 49.4 Å². The molecule has 0 amide bonds. The van der Waals surface area contributed by atoms with Crippen LogP contribution in [0.4, 0.5) is 5.13 Å². The summed E-state index contributed by atoms with van der Waals surface area (Å²) in [5.41, 5.74) is 0.899. The molecule has 3 rings (SSSR count). The molecule has 1 fully saturated rings. The summed E-state index contributed by atoms with van der Waals surface area (Å²) in [6.45, 7) is 9.38. The number of hydrogen-bond acceptors (Lipinski definition) is 8. The van der Waals surface area contributed by atoms with E-state index in [1.54, 1.807) is 0 Å². The monoisotopic (exact) mass is 320 g/mol. The Labute approximate surface area is 134 Å². The quantitative estimate of drug-likeness (QED) is 0.818. The van der Waals surface area contributed by atoms with Crippen LogP contribution in [-0.2, 0) is 0 Å². The Kier molecular flexibility index (Phi) is 4.79. The van der Waals surface area contributed by atoms with Gasteiger partial charge >= 0.3 is 0 Å². The Morgan fingerprint density at radius 1 is 1.14 bits per heavy atom. The van der Waals surface area contributed by atoms with Crippen LogP contribution in [-0.4, -0.2) is 63.8 Å². The molecule has 0 saturated carbocycles. The van der Waals surface area contributed by atoms with Crippen LogP contribution in [0.1, 0.15) is 11.5 Å². The van der Waals surface area contributed by atoms with Crippen LogP contribution >= 0.6 is 11.5 Å². The highest BCUT2D eigenvalue weighted by Crippen LogP contribution is 2.18. The van der Waals surface area contributed by atoms with E-state index < -0.39 is 0 Å². The van der Waals surface area contributed by atoms with Crippen molar-refractivity contribution in [2.24, 2.45) is 0 Å². The zero-order valence-electron chi connectivity index (χ0n) is 12.9. The molecule has 1 saturated heterocycles. The van der Waals surface area contributed by atoms with Crippen molar-refractivity contribution >= 4 is 16.7 Å². The van der Waals surface area contributed by atoms with Crippen molar-refractivity contribution in [2.75, 3.05) is 44.2 Å². The van der Waals surface area contributed by atoms with Gasteiger partial charge in [0.25, 0.3) is 0 Å². The van der Waals surface area contributed by atoms with Gasteiger partial charge in [0, 0.05) is 50.3 Å². The fourth-order valence-electron chi connectivity index (χ4n) is 2.32. The van der Waals surface area contributed by atoms with Crippen molar-refractivity contribution in [1.82, 2.24) is 24.5 Å². The summed E-state index contributed by atoms with van der Waals surface area (Å²) in [6.07, 6.45) is 0. The lowest BCUT2D eigenvalue weighted by Crippen LogP contribution is -2.47. The SMILES string of the molecule is Cc1ccc(OCCN2CCN(c3nc(C)ns3)CC2)nn1. The third kappa shape index (κ3) is 3.89. The van der Waals surface area contributed by atoms with Crippen molar-refractivity contribution in [3.05, 3.63) is 23.7 Å². The smallest absolute Gasteiger partial charge is 0.233 e. The van der Waals surface area contributed by atoms with Gasteiger partial charge in [0.2, 0.25) is 11.0 Å². The van der Waals surface area contributed by atoms with E-state index in [-0.39, 0.29) is 0 Å². The molecule has 0 atom stereocenters. The molecular formula is C14H20N6OS. The minimum Gasteiger partial charge on any atom is -0.475 e. The highest BCUT2D eigenvalue weighted by atomic mass is 32.1. The maximum absolute atomic E-state index is 5.63. The van der Waals surface area contributed by atoms with E-state index in [1.807, 2.05) is 26.0 Å². The number of anilines is 1. The van der Waals surface area contributed by atoms with Gasteiger partial charge in [-0.05, 0) is 19.9 Å². The third-order valence-electron chi connectivity index (χ3n) is 3.59. The van der Waals surface area contributed by atoms with Gasteiger partial charge in [-0.3, -0.25) is 4.90 Å². The summed E-state index contributed by atoms with van der Waals surface area (Å²) in [4.78, 5) is 9.14. The fraction of sp³-hybridized carbons (Fsp3) is 0.571. The second-order valence-electron chi connectivity index (χ2n) is 5.31. The maximum atomic E-state index is 5.63. The summed E-state index contributed by atoms with van der Waals surface area (Å²) >= 11 is 1.48. The van der Waals surface area contributed by atoms with Crippen molar-refractivity contribution in [3.8, 4) is 5.88 Å². The summed E-state index contributed by atoms with van der Waals surface area (Å²) in [5, 5.41) is 9.02. The van der Waals surface area contributed by atoms with E-state index in [1.165, 1.54) is 11.5 Å². The van der Waals surface area contributed by atoms with Gasteiger partial charge in [-0.1, -0.05) is 0 Å². The molecule has 2 aromatic heterocycles. The second-order valence-corrected chi connectivity index (χ2v) is 6.04. The topological polar surface area (TPSA) is 67.3 Å². The van der Waals surface area contributed by atoms with Gasteiger partial charge in [-0.25, -0.2) is 4.98 Å². The molecule has 0 bridgehead atoms. The van der Waals surface area contributed by atoms with Crippen LogP contribution in [0, 0.1) is 13.8 Å². The standard InChI is InChI=1S/C14H20N6OS/c1-11-3-4-13(17-16-11)21-10-9-19-5-7-20(8-6-19)14-15-12(2)18-22-14/h3-4H,5-10H2,1-2H3. The summed E-state index contributed by atoms with van der Waals surface area (Å²) in [7, 11) is 0. The third-order valence-corrected chi connectivity index (χ3v) is 4.46. The zero-order chi connectivity index (χ0) is 15.4. The number of aromatic nitrogens is 4. The number of aryl methyl sites for hydroxylation is 2. The number of hydrogen-bond donors (Lipinski definition) is 0. The normalized spacial score (nSPS) is 16.0. The molecule has 0 spiro atoms. The van der Waals surface area contributed by atoms with E-state index in [9.17, 15) is 0 Å². The van der Waals surface area contributed by atoms with Crippen molar-refractivity contribution in [2.45, 2.75) is 13.8 Å². The lowest BCUT2D eigenvalue weighted by molar-refractivity contribution is 0.196. The van der Waals surface area contributed by atoms with Crippen molar-refractivity contribution in [3.63, 3.8) is 0 Å². The molecule has 7 nitrogen and oxygen atoms in total. The number of piperazine rings is 1. The Morgan fingerprint density at radius 3 is 2.59 bits per heavy atom. The number of rotatable bonds is 5. The van der Waals surface area contributed by atoms with Gasteiger partial charge in [0.1, 0.15) is 12.4 Å². The lowest BCUT2D eigenvalue weighted by atomic mass is 10.3. The second kappa shape index (κ2) is 6.97. The van der Waals surface area contributed by atoms with E-state index in [2.05, 4.69) is 29.4 Å². The lowest BCUT2D eigenvalue weighted by Gasteiger charge is -2.34. The molecule has 8 heteroatoms. The van der Waals surface area contributed by atoms with Crippen LogP contribution in [0.15, 0.2) is 12.1 Å².